The highest BCUT2D eigenvalue weighted by Crippen LogP contribution is 2.25. The summed E-state index contributed by atoms with van der Waals surface area (Å²) in [5, 5.41) is 12.1. The summed E-state index contributed by atoms with van der Waals surface area (Å²) in [6, 6.07) is 5.92. The zero-order valence-corrected chi connectivity index (χ0v) is 13.0. The second-order valence-corrected chi connectivity index (χ2v) is 6.86. The van der Waals surface area contributed by atoms with Crippen LogP contribution in [0.2, 0.25) is 0 Å². The summed E-state index contributed by atoms with van der Waals surface area (Å²) in [4.78, 5) is 13.4. The molecule has 2 N–H and O–H groups in total. The van der Waals surface area contributed by atoms with Gasteiger partial charge in [-0.15, -0.1) is 11.3 Å². The average molecular weight is 305 g/mol. The molecule has 112 valence electrons. The van der Waals surface area contributed by atoms with Crippen LogP contribution >= 0.6 is 11.3 Å². The van der Waals surface area contributed by atoms with E-state index in [-0.39, 0.29) is 17.6 Å². The third kappa shape index (κ3) is 3.33. The summed E-state index contributed by atoms with van der Waals surface area (Å²) in [5.41, 5.74) is 1.13. The van der Waals surface area contributed by atoms with Gasteiger partial charge in [0.1, 0.15) is 0 Å². The van der Waals surface area contributed by atoms with Gasteiger partial charge in [0, 0.05) is 12.6 Å². The van der Waals surface area contributed by atoms with E-state index in [0.29, 0.717) is 12.3 Å². The van der Waals surface area contributed by atoms with Crippen LogP contribution in [0.1, 0.15) is 37.2 Å². The second kappa shape index (κ2) is 5.61. The van der Waals surface area contributed by atoms with Crippen molar-refractivity contribution in [2.24, 2.45) is 0 Å². The van der Waals surface area contributed by atoms with E-state index in [1.165, 1.54) is 0 Å². The molecule has 0 saturated carbocycles. The smallest absolute Gasteiger partial charge is 0.272 e. The first-order valence-corrected chi connectivity index (χ1v) is 7.96. The number of thiophene rings is 1. The third-order valence-corrected chi connectivity index (χ3v) is 4.53. The fourth-order valence-electron chi connectivity index (χ4n) is 2.61. The van der Waals surface area contributed by atoms with Gasteiger partial charge in [-0.2, -0.15) is 5.10 Å². The first kappa shape index (κ1) is 14.3. The maximum Gasteiger partial charge on any atom is 0.272 e. The molecule has 1 atom stereocenters. The van der Waals surface area contributed by atoms with E-state index in [0.717, 1.165) is 23.4 Å². The largest absolute Gasteiger partial charge is 0.375 e. The highest BCUT2D eigenvalue weighted by atomic mass is 32.1. The van der Waals surface area contributed by atoms with Crippen LogP contribution in [0.15, 0.2) is 23.6 Å². The van der Waals surface area contributed by atoms with Crippen molar-refractivity contribution < 1.29 is 9.53 Å². The molecule has 1 fully saturated rings. The number of aromatic amines is 1. The van der Waals surface area contributed by atoms with Gasteiger partial charge in [-0.05, 0) is 44.2 Å². The van der Waals surface area contributed by atoms with E-state index in [1.54, 1.807) is 17.4 Å². The van der Waals surface area contributed by atoms with Crippen molar-refractivity contribution in [3.63, 3.8) is 0 Å². The number of nitrogens with zero attached hydrogens (tertiary/aromatic N) is 1. The third-order valence-electron chi connectivity index (χ3n) is 3.63. The Bertz CT molecular complexity index is 619. The van der Waals surface area contributed by atoms with Crippen LogP contribution in [0, 0.1) is 0 Å². The van der Waals surface area contributed by atoms with Crippen LogP contribution in [0.25, 0.3) is 10.6 Å². The summed E-state index contributed by atoms with van der Waals surface area (Å²) >= 11 is 1.62. The number of carbonyl (C=O) groups excluding carboxylic acids is 1. The van der Waals surface area contributed by atoms with Crippen molar-refractivity contribution in [2.45, 2.75) is 38.3 Å². The Kier molecular flexibility index (Phi) is 3.82. The second-order valence-electron chi connectivity index (χ2n) is 5.92. The summed E-state index contributed by atoms with van der Waals surface area (Å²) in [6.07, 6.45) is 1.66. The Hall–Kier alpha value is -1.66. The van der Waals surface area contributed by atoms with Crippen LogP contribution < -0.4 is 5.32 Å². The molecular weight excluding hydrogens is 286 g/mol. The lowest BCUT2D eigenvalue weighted by molar-refractivity contribution is -0.0615. The molecule has 0 spiro atoms. The minimum absolute atomic E-state index is 0.128. The number of carbonyl (C=O) groups is 1. The SMILES string of the molecule is CC1(C)C[C@@H](NC(=O)c2cc(-c3cccs3)[nH]n2)CCO1. The van der Waals surface area contributed by atoms with Crippen LogP contribution in [-0.2, 0) is 4.74 Å². The molecular formula is C15H19N3O2S. The maximum absolute atomic E-state index is 12.3. The fourth-order valence-corrected chi connectivity index (χ4v) is 3.30. The first-order valence-electron chi connectivity index (χ1n) is 7.08. The number of rotatable bonds is 3. The van der Waals surface area contributed by atoms with Crippen molar-refractivity contribution >= 4 is 17.2 Å². The molecule has 3 rings (SSSR count). The quantitative estimate of drug-likeness (QED) is 0.916. The lowest BCUT2D eigenvalue weighted by Crippen LogP contribution is -2.45. The van der Waals surface area contributed by atoms with Gasteiger partial charge in [0.25, 0.3) is 5.91 Å². The van der Waals surface area contributed by atoms with Gasteiger partial charge < -0.3 is 10.1 Å². The van der Waals surface area contributed by atoms with Crippen molar-refractivity contribution in [1.29, 1.82) is 0 Å². The van der Waals surface area contributed by atoms with Crippen molar-refractivity contribution in [3.05, 3.63) is 29.3 Å². The fraction of sp³-hybridized carbons (Fsp3) is 0.467. The molecule has 1 aliphatic rings. The summed E-state index contributed by atoms with van der Waals surface area (Å²) in [7, 11) is 0. The van der Waals surface area contributed by atoms with E-state index >= 15 is 0 Å². The highest BCUT2D eigenvalue weighted by molar-refractivity contribution is 7.13. The van der Waals surface area contributed by atoms with Gasteiger partial charge >= 0.3 is 0 Å². The topological polar surface area (TPSA) is 67.0 Å². The maximum atomic E-state index is 12.3. The number of hydrogen-bond acceptors (Lipinski definition) is 4. The van der Waals surface area contributed by atoms with Gasteiger partial charge in [0.15, 0.2) is 5.69 Å². The molecule has 3 heterocycles. The summed E-state index contributed by atoms with van der Waals surface area (Å²) in [5.74, 6) is -0.128. The predicted molar refractivity (Wildman–Crippen MR) is 82.4 cm³/mol. The molecule has 21 heavy (non-hydrogen) atoms. The Labute approximate surface area is 127 Å². The molecule has 2 aromatic rings. The Morgan fingerprint density at radius 2 is 2.43 bits per heavy atom. The minimum Gasteiger partial charge on any atom is -0.375 e. The Morgan fingerprint density at radius 1 is 1.57 bits per heavy atom. The zero-order chi connectivity index (χ0) is 14.9. The average Bonchev–Trinajstić information content (AvgIpc) is 3.09. The van der Waals surface area contributed by atoms with E-state index in [2.05, 4.69) is 29.4 Å². The highest BCUT2D eigenvalue weighted by Gasteiger charge is 2.30. The molecule has 2 aromatic heterocycles. The number of H-pyrrole nitrogens is 1. The van der Waals surface area contributed by atoms with Gasteiger partial charge in [0.05, 0.1) is 16.2 Å². The molecule has 0 unspecified atom stereocenters. The number of amides is 1. The first-order chi connectivity index (χ1) is 10.0. The molecule has 1 saturated heterocycles. The Morgan fingerprint density at radius 3 is 3.14 bits per heavy atom. The zero-order valence-electron chi connectivity index (χ0n) is 12.2. The predicted octanol–water partition coefficient (Wildman–Crippen LogP) is 2.83. The molecule has 5 nitrogen and oxygen atoms in total. The van der Waals surface area contributed by atoms with Gasteiger partial charge in [-0.1, -0.05) is 6.07 Å². The number of nitrogens with one attached hydrogen (secondary N) is 2. The van der Waals surface area contributed by atoms with Gasteiger partial charge in [0.2, 0.25) is 0 Å². The number of ether oxygens (including phenoxy) is 1. The van der Waals surface area contributed by atoms with Gasteiger partial charge in [-0.25, -0.2) is 0 Å². The van der Waals surface area contributed by atoms with Crippen molar-refractivity contribution in [3.8, 4) is 10.6 Å². The number of aromatic nitrogens is 2. The van der Waals surface area contributed by atoms with E-state index in [4.69, 9.17) is 4.74 Å². The van der Waals surface area contributed by atoms with Crippen LogP contribution in [0.3, 0.4) is 0 Å². The minimum atomic E-state index is -0.177. The van der Waals surface area contributed by atoms with E-state index in [9.17, 15) is 4.79 Å². The molecule has 0 bridgehead atoms. The van der Waals surface area contributed by atoms with Gasteiger partial charge in [-0.3, -0.25) is 9.89 Å². The van der Waals surface area contributed by atoms with Crippen molar-refractivity contribution in [2.75, 3.05) is 6.61 Å². The molecule has 1 amide bonds. The summed E-state index contributed by atoms with van der Waals surface area (Å²) < 4.78 is 5.66. The molecule has 6 heteroatoms. The lowest BCUT2D eigenvalue weighted by Gasteiger charge is -2.35. The molecule has 0 aromatic carbocycles. The molecule has 1 aliphatic heterocycles. The summed E-state index contributed by atoms with van der Waals surface area (Å²) in [6.45, 7) is 4.78. The van der Waals surface area contributed by atoms with Crippen LogP contribution in [0.4, 0.5) is 0 Å². The lowest BCUT2D eigenvalue weighted by atomic mass is 9.94. The molecule has 0 aliphatic carbocycles. The molecule has 0 radical (unpaired) electrons. The van der Waals surface area contributed by atoms with E-state index in [1.807, 2.05) is 17.5 Å². The van der Waals surface area contributed by atoms with Crippen molar-refractivity contribution in [1.82, 2.24) is 15.5 Å². The number of hydrogen-bond donors (Lipinski definition) is 2. The standard InChI is InChI=1S/C15H19N3O2S/c1-15(2)9-10(5-6-20-15)16-14(19)12-8-11(17-18-12)13-4-3-7-21-13/h3-4,7-8,10H,5-6,9H2,1-2H3,(H,16,19)(H,17,18)/t10-/m0/s1. The van der Waals surface area contributed by atoms with Crippen LogP contribution in [0.5, 0.6) is 0 Å². The van der Waals surface area contributed by atoms with Crippen LogP contribution in [-0.4, -0.2) is 34.4 Å². The normalized spacial score (nSPS) is 21.1. The Balaban J connectivity index is 1.66. The van der Waals surface area contributed by atoms with E-state index < -0.39 is 0 Å². The monoisotopic (exact) mass is 305 g/mol.